The van der Waals surface area contributed by atoms with E-state index >= 15 is 0 Å². The summed E-state index contributed by atoms with van der Waals surface area (Å²) < 4.78 is 40.2. The van der Waals surface area contributed by atoms with Gasteiger partial charge >= 0.3 is 7.25 Å². The molecule has 1 fully saturated rings. The molecule has 0 atom stereocenters. The van der Waals surface area contributed by atoms with Crippen molar-refractivity contribution in [2.75, 3.05) is 26.2 Å². The van der Waals surface area contributed by atoms with E-state index in [1.165, 1.54) is 30.4 Å². The van der Waals surface area contributed by atoms with Crippen LogP contribution in [0.1, 0.15) is 12.8 Å². The molecular formula is C10H18BF4N. The number of hydrogen-bond donors (Lipinski definition) is 0. The van der Waals surface area contributed by atoms with Crippen molar-refractivity contribution in [3.05, 3.63) is 25.3 Å². The topological polar surface area (TPSA) is 0 Å². The molecule has 1 rings (SSSR count). The maximum absolute atomic E-state index is 9.75. The van der Waals surface area contributed by atoms with Crippen LogP contribution in [-0.4, -0.2) is 37.9 Å². The van der Waals surface area contributed by atoms with Gasteiger partial charge in [0.15, 0.2) is 0 Å². The fourth-order valence-corrected chi connectivity index (χ4v) is 1.99. The standard InChI is InChI=1S/C10H18N.BF4/c1-3-7-11(8-4-2)9-5-6-10-11;2-1(3,4)5/h3-4H,1-2,5-10H2;/q+1;-1. The van der Waals surface area contributed by atoms with Crippen LogP contribution in [0, 0.1) is 0 Å². The molecule has 0 aromatic heterocycles. The Morgan fingerprint density at radius 1 is 0.938 bits per heavy atom. The van der Waals surface area contributed by atoms with E-state index < -0.39 is 7.25 Å². The molecular weight excluding hydrogens is 221 g/mol. The number of halogens is 4. The number of nitrogens with zero attached hydrogens (tertiary/aromatic N) is 1. The van der Waals surface area contributed by atoms with Gasteiger partial charge in [0.2, 0.25) is 0 Å². The van der Waals surface area contributed by atoms with Gasteiger partial charge in [-0.2, -0.15) is 0 Å². The van der Waals surface area contributed by atoms with Gasteiger partial charge in [0.05, 0.1) is 26.2 Å². The number of hydrogen-bond acceptors (Lipinski definition) is 0. The molecule has 1 aliphatic rings. The van der Waals surface area contributed by atoms with Crippen molar-refractivity contribution in [3.8, 4) is 0 Å². The Labute approximate surface area is 94.1 Å². The molecule has 0 saturated carbocycles. The predicted molar refractivity (Wildman–Crippen MR) is 59.5 cm³/mol. The summed E-state index contributed by atoms with van der Waals surface area (Å²) in [5.41, 5.74) is 0. The average Bonchev–Trinajstić information content (AvgIpc) is 2.51. The van der Waals surface area contributed by atoms with Gasteiger partial charge in [-0.25, -0.2) is 0 Å². The molecule has 1 nitrogen and oxygen atoms in total. The van der Waals surface area contributed by atoms with Crippen LogP contribution in [0.3, 0.4) is 0 Å². The second kappa shape index (κ2) is 6.73. The Kier molecular flexibility index (Phi) is 6.41. The Morgan fingerprint density at radius 3 is 1.50 bits per heavy atom. The van der Waals surface area contributed by atoms with Gasteiger partial charge in [-0.05, 0) is 12.2 Å². The molecule has 16 heavy (non-hydrogen) atoms. The Morgan fingerprint density at radius 2 is 1.25 bits per heavy atom. The van der Waals surface area contributed by atoms with Gasteiger partial charge < -0.3 is 21.7 Å². The van der Waals surface area contributed by atoms with Crippen molar-refractivity contribution in [2.45, 2.75) is 12.8 Å². The van der Waals surface area contributed by atoms with E-state index in [2.05, 4.69) is 13.2 Å². The lowest BCUT2D eigenvalue weighted by molar-refractivity contribution is -0.905. The van der Waals surface area contributed by atoms with E-state index in [0.29, 0.717) is 0 Å². The Bertz CT molecular complexity index is 203. The number of quaternary nitrogens is 1. The molecule has 0 amide bonds. The summed E-state index contributed by atoms with van der Waals surface area (Å²) >= 11 is 0. The summed E-state index contributed by atoms with van der Waals surface area (Å²) in [7, 11) is -6.00. The lowest BCUT2D eigenvalue weighted by atomic mass is 10.3. The average molecular weight is 239 g/mol. The van der Waals surface area contributed by atoms with Crippen molar-refractivity contribution in [3.63, 3.8) is 0 Å². The third kappa shape index (κ3) is 7.51. The normalized spacial score (nSPS) is 18.5. The first-order chi connectivity index (χ1) is 7.33. The van der Waals surface area contributed by atoms with Gasteiger partial charge in [-0.1, -0.05) is 13.2 Å². The van der Waals surface area contributed by atoms with Crippen molar-refractivity contribution in [1.82, 2.24) is 0 Å². The van der Waals surface area contributed by atoms with E-state index in [4.69, 9.17) is 0 Å². The van der Waals surface area contributed by atoms with Gasteiger partial charge in [-0.15, -0.1) is 0 Å². The molecule has 0 unspecified atom stereocenters. The van der Waals surface area contributed by atoms with Crippen LogP contribution in [0.4, 0.5) is 17.3 Å². The molecule has 1 heterocycles. The van der Waals surface area contributed by atoms with Crippen LogP contribution in [0.2, 0.25) is 0 Å². The Balaban J connectivity index is 0.000000385. The van der Waals surface area contributed by atoms with E-state index in [9.17, 15) is 17.3 Å². The highest BCUT2D eigenvalue weighted by Crippen LogP contribution is 2.18. The monoisotopic (exact) mass is 239 g/mol. The zero-order chi connectivity index (χ0) is 12.7. The van der Waals surface area contributed by atoms with Gasteiger partial charge in [0.25, 0.3) is 0 Å². The maximum Gasteiger partial charge on any atom is 0.673 e. The van der Waals surface area contributed by atoms with E-state index in [1.54, 1.807) is 0 Å². The summed E-state index contributed by atoms with van der Waals surface area (Å²) in [6.45, 7) is 12.5. The lowest BCUT2D eigenvalue weighted by Crippen LogP contribution is -2.45. The van der Waals surface area contributed by atoms with E-state index in [0.717, 1.165) is 13.1 Å². The minimum absolute atomic E-state index is 1.12. The molecule has 0 aromatic rings. The second-order valence-corrected chi connectivity index (χ2v) is 3.93. The zero-order valence-corrected chi connectivity index (χ0v) is 9.35. The van der Waals surface area contributed by atoms with Crippen molar-refractivity contribution < 1.29 is 21.7 Å². The highest BCUT2D eigenvalue weighted by atomic mass is 19.5. The SMILES string of the molecule is C=CC[N+]1(CC=C)CCCC1.F[B-](F)(F)F. The molecule has 0 radical (unpaired) electrons. The molecule has 0 aromatic carbocycles. The molecule has 0 N–H and O–H groups in total. The molecule has 0 spiro atoms. The Hall–Kier alpha value is -0.775. The van der Waals surface area contributed by atoms with Crippen molar-refractivity contribution >= 4 is 7.25 Å². The fraction of sp³-hybridized carbons (Fsp3) is 0.600. The van der Waals surface area contributed by atoms with E-state index in [1.807, 2.05) is 12.2 Å². The summed E-state index contributed by atoms with van der Waals surface area (Å²) in [4.78, 5) is 0. The summed E-state index contributed by atoms with van der Waals surface area (Å²) in [6.07, 6.45) is 6.83. The summed E-state index contributed by atoms with van der Waals surface area (Å²) in [5.74, 6) is 0. The van der Waals surface area contributed by atoms with Crippen LogP contribution in [-0.2, 0) is 0 Å². The quantitative estimate of drug-likeness (QED) is 0.305. The van der Waals surface area contributed by atoms with Crippen LogP contribution in [0.25, 0.3) is 0 Å². The minimum Gasteiger partial charge on any atom is -0.418 e. The zero-order valence-electron chi connectivity index (χ0n) is 9.35. The molecule has 0 bridgehead atoms. The highest BCUT2D eigenvalue weighted by Gasteiger charge is 2.28. The third-order valence-electron chi connectivity index (χ3n) is 2.55. The van der Waals surface area contributed by atoms with E-state index in [-0.39, 0.29) is 0 Å². The number of likely N-dealkylation sites (tertiary alicyclic amines) is 1. The molecule has 1 saturated heterocycles. The largest absolute Gasteiger partial charge is 0.673 e. The smallest absolute Gasteiger partial charge is 0.418 e. The van der Waals surface area contributed by atoms with Gasteiger partial charge in [-0.3, -0.25) is 0 Å². The molecule has 0 aliphatic carbocycles. The second-order valence-electron chi connectivity index (χ2n) is 3.93. The highest BCUT2D eigenvalue weighted by molar-refractivity contribution is 6.50. The van der Waals surface area contributed by atoms with Crippen LogP contribution in [0.15, 0.2) is 25.3 Å². The van der Waals surface area contributed by atoms with Gasteiger partial charge in [0.1, 0.15) is 0 Å². The predicted octanol–water partition coefficient (Wildman–Crippen LogP) is 3.27. The molecule has 94 valence electrons. The number of rotatable bonds is 4. The third-order valence-corrected chi connectivity index (χ3v) is 2.55. The maximum atomic E-state index is 9.75. The van der Waals surface area contributed by atoms with Crippen molar-refractivity contribution in [2.24, 2.45) is 0 Å². The summed E-state index contributed by atoms with van der Waals surface area (Å²) in [5, 5.41) is 0. The van der Waals surface area contributed by atoms with Crippen LogP contribution < -0.4 is 0 Å². The molecule has 6 heteroatoms. The lowest BCUT2D eigenvalue weighted by Gasteiger charge is -2.31. The van der Waals surface area contributed by atoms with Crippen LogP contribution in [0.5, 0.6) is 0 Å². The fourth-order valence-electron chi connectivity index (χ4n) is 1.99. The van der Waals surface area contributed by atoms with Gasteiger partial charge in [0, 0.05) is 12.8 Å². The van der Waals surface area contributed by atoms with Crippen molar-refractivity contribution in [1.29, 1.82) is 0 Å². The summed E-state index contributed by atoms with van der Waals surface area (Å²) in [6, 6.07) is 0. The first-order valence-electron chi connectivity index (χ1n) is 5.27. The first kappa shape index (κ1) is 15.2. The first-order valence-corrected chi connectivity index (χ1v) is 5.27. The minimum atomic E-state index is -6.00. The molecule has 1 aliphatic heterocycles. The van der Waals surface area contributed by atoms with Crippen LogP contribution >= 0.6 is 0 Å².